The Bertz CT molecular complexity index is 1220. The van der Waals surface area contributed by atoms with Crippen LogP contribution in [0, 0.1) is 13.8 Å². The van der Waals surface area contributed by atoms with Crippen molar-refractivity contribution in [3.63, 3.8) is 0 Å². The number of thiophene rings is 1. The number of rotatable bonds is 0. The van der Waals surface area contributed by atoms with E-state index in [2.05, 4.69) is 37.3 Å². The number of benzene rings is 2. The van der Waals surface area contributed by atoms with Gasteiger partial charge in [0, 0.05) is 14.4 Å². The van der Waals surface area contributed by atoms with E-state index in [1.807, 2.05) is 17.7 Å². The molecule has 0 saturated carbocycles. The molecule has 112 valence electrons. The minimum Gasteiger partial charge on any atom is -0.200 e. The van der Waals surface area contributed by atoms with Crippen molar-refractivity contribution in [3.05, 3.63) is 64.8 Å². The molecule has 0 saturated heterocycles. The van der Waals surface area contributed by atoms with E-state index in [0.717, 1.165) is 16.6 Å². The van der Waals surface area contributed by atoms with Crippen molar-refractivity contribution in [1.82, 2.24) is 0 Å². The first-order valence-corrected chi connectivity index (χ1v) is 8.63. The Kier molecular flexibility index (Phi) is 2.03. The van der Waals surface area contributed by atoms with Crippen molar-refractivity contribution in [1.29, 1.82) is 0 Å². The van der Waals surface area contributed by atoms with Gasteiger partial charge >= 0.3 is 0 Å². The summed E-state index contributed by atoms with van der Waals surface area (Å²) in [6.07, 6.45) is 2.73. The van der Waals surface area contributed by atoms with Gasteiger partial charge in [-0.25, -0.2) is 0 Å². The first kappa shape index (κ1) is 10.6. The van der Waals surface area contributed by atoms with Crippen molar-refractivity contribution < 1.29 is 8.68 Å². The van der Waals surface area contributed by atoms with Gasteiger partial charge in [-0.05, 0) is 60.1 Å². The molecule has 0 N–H and O–H groups in total. The summed E-state index contributed by atoms with van der Waals surface area (Å²) in [6.45, 7) is 0.116. The topological polar surface area (TPSA) is 3.88 Å². The lowest BCUT2D eigenvalue weighted by Gasteiger charge is -2.07. The molecule has 0 bridgehead atoms. The number of hydrogen-bond donors (Lipinski definition) is 0. The molecule has 0 spiro atoms. The van der Waals surface area contributed by atoms with Crippen LogP contribution >= 0.6 is 11.3 Å². The molecule has 0 unspecified atom stereocenters. The summed E-state index contributed by atoms with van der Waals surface area (Å²) in [5.41, 5.74) is 8.28. The third kappa shape index (κ3) is 1.70. The Morgan fingerprint density at radius 2 is 2.00 bits per heavy atom. The second-order valence-electron chi connectivity index (χ2n) is 6.40. The van der Waals surface area contributed by atoms with Gasteiger partial charge in [-0.1, -0.05) is 24.3 Å². The zero-order chi connectivity index (χ0) is 18.2. The van der Waals surface area contributed by atoms with Crippen LogP contribution in [0.5, 0.6) is 0 Å². The van der Waals surface area contributed by atoms with Crippen LogP contribution in [0.3, 0.4) is 0 Å². The highest BCUT2D eigenvalue weighted by molar-refractivity contribution is 7.25. The highest BCUT2D eigenvalue weighted by Crippen LogP contribution is 2.45. The van der Waals surface area contributed by atoms with Crippen molar-refractivity contribution >= 4 is 31.6 Å². The Labute approximate surface area is 144 Å². The molecule has 1 nitrogen and oxygen atoms in total. The molecule has 2 aromatic carbocycles. The Morgan fingerprint density at radius 1 is 1.13 bits per heavy atom. The highest BCUT2D eigenvalue weighted by atomic mass is 32.1. The minimum atomic E-state index is -2.09. The van der Waals surface area contributed by atoms with Crippen LogP contribution in [-0.2, 0) is 13.5 Å². The monoisotopic (exact) mass is 319 g/mol. The number of pyridine rings is 1. The molecule has 0 fully saturated rings. The summed E-state index contributed by atoms with van der Waals surface area (Å²) in [7, 11) is 1.95. The SMILES string of the molecule is [2H]C([2H])([2H])c1cc2sc3cc4c(c(C)c3c2[n+](C)c1)-c1ccccc1C4. The number of fused-ring (bicyclic) bond motifs is 6. The molecule has 5 rings (SSSR count). The molecule has 0 atom stereocenters. The summed E-state index contributed by atoms with van der Waals surface area (Å²) < 4.78 is 27.5. The Morgan fingerprint density at radius 3 is 2.87 bits per heavy atom. The summed E-state index contributed by atoms with van der Waals surface area (Å²) in [5.74, 6) is 0. The van der Waals surface area contributed by atoms with Crippen molar-refractivity contribution in [2.24, 2.45) is 7.05 Å². The summed E-state index contributed by atoms with van der Waals surface area (Å²) in [5, 5.41) is 1.25. The predicted molar refractivity (Wildman–Crippen MR) is 98.2 cm³/mol. The molecule has 2 heteroatoms. The van der Waals surface area contributed by atoms with Crippen molar-refractivity contribution in [2.75, 3.05) is 0 Å². The van der Waals surface area contributed by atoms with Gasteiger partial charge in [0.2, 0.25) is 5.52 Å². The number of aryl methyl sites for hydroxylation is 3. The fourth-order valence-electron chi connectivity index (χ4n) is 4.06. The van der Waals surface area contributed by atoms with Gasteiger partial charge < -0.3 is 0 Å². The van der Waals surface area contributed by atoms with E-state index < -0.39 is 6.85 Å². The van der Waals surface area contributed by atoms with Gasteiger partial charge in [0.25, 0.3) is 0 Å². The Hall–Kier alpha value is -2.19. The normalized spacial score (nSPS) is 15.3. The maximum atomic E-state index is 7.73. The van der Waals surface area contributed by atoms with E-state index in [1.165, 1.54) is 37.9 Å². The van der Waals surface area contributed by atoms with Crippen molar-refractivity contribution in [3.8, 4) is 11.1 Å². The standard InChI is InChI=1S/C21H18NS/c1-12-8-18-21(22(3)11-12)20-13(2)19-15(10-17(20)23-18)9-14-6-4-5-7-16(14)19/h4-8,10-11H,9H2,1-3H3/q+1/i1D3. The molecular formula is C21H18NS+. The van der Waals surface area contributed by atoms with Gasteiger partial charge in [0.15, 0.2) is 6.20 Å². The Balaban J connectivity index is 1.88. The quantitative estimate of drug-likeness (QED) is 0.351. The van der Waals surface area contributed by atoms with Crippen molar-refractivity contribution in [2.45, 2.75) is 20.2 Å². The molecule has 2 heterocycles. The third-order valence-corrected chi connectivity index (χ3v) is 6.03. The molecule has 0 amide bonds. The lowest BCUT2D eigenvalue weighted by atomic mass is 9.97. The third-order valence-electron chi connectivity index (χ3n) is 4.95. The van der Waals surface area contributed by atoms with Crippen LogP contribution in [0.25, 0.3) is 31.4 Å². The molecule has 4 aromatic rings. The summed E-state index contributed by atoms with van der Waals surface area (Å²) in [6, 6.07) is 12.8. The van der Waals surface area contributed by atoms with Crippen LogP contribution in [0.2, 0.25) is 0 Å². The van der Waals surface area contributed by atoms with E-state index in [9.17, 15) is 0 Å². The lowest BCUT2D eigenvalue weighted by molar-refractivity contribution is -0.644. The molecule has 0 radical (unpaired) electrons. The second-order valence-corrected chi connectivity index (χ2v) is 7.48. The average molecular weight is 319 g/mol. The average Bonchev–Trinajstić information content (AvgIpc) is 3.12. The molecule has 0 aliphatic heterocycles. The van der Waals surface area contributed by atoms with E-state index in [-0.39, 0.29) is 0 Å². The summed E-state index contributed by atoms with van der Waals surface area (Å²) in [4.78, 5) is 0. The first-order valence-electron chi connectivity index (χ1n) is 9.32. The van der Waals surface area contributed by atoms with Crippen LogP contribution < -0.4 is 4.57 Å². The van der Waals surface area contributed by atoms with Crippen LogP contribution in [0.4, 0.5) is 0 Å². The molecule has 23 heavy (non-hydrogen) atoms. The zero-order valence-electron chi connectivity index (χ0n) is 16.1. The van der Waals surface area contributed by atoms with E-state index in [0.29, 0.717) is 5.56 Å². The molecule has 1 aliphatic rings. The number of aromatic nitrogens is 1. The van der Waals surface area contributed by atoms with E-state index >= 15 is 0 Å². The maximum Gasteiger partial charge on any atom is 0.231 e. The summed E-state index contributed by atoms with van der Waals surface area (Å²) >= 11 is 1.69. The first-order chi connectivity index (χ1) is 12.3. The van der Waals surface area contributed by atoms with Gasteiger partial charge in [-0.2, -0.15) is 4.57 Å². The van der Waals surface area contributed by atoms with Gasteiger partial charge in [-0.3, -0.25) is 0 Å². The van der Waals surface area contributed by atoms with Crippen LogP contribution in [0.15, 0.2) is 42.6 Å². The molecule has 1 aliphatic carbocycles. The zero-order valence-corrected chi connectivity index (χ0v) is 13.9. The van der Waals surface area contributed by atoms with Crippen LogP contribution in [0.1, 0.15) is 26.4 Å². The minimum absolute atomic E-state index is 0.398. The van der Waals surface area contributed by atoms with Gasteiger partial charge in [-0.15, -0.1) is 11.3 Å². The van der Waals surface area contributed by atoms with E-state index in [1.54, 1.807) is 17.5 Å². The number of hydrogen-bond acceptors (Lipinski definition) is 1. The predicted octanol–water partition coefficient (Wildman–Crippen LogP) is 5.07. The molecule has 2 aromatic heterocycles. The second kappa shape index (κ2) is 4.42. The van der Waals surface area contributed by atoms with Gasteiger partial charge in [0.1, 0.15) is 11.7 Å². The largest absolute Gasteiger partial charge is 0.231 e. The van der Waals surface area contributed by atoms with E-state index in [4.69, 9.17) is 4.11 Å². The lowest BCUT2D eigenvalue weighted by Crippen LogP contribution is -2.28. The maximum absolute atomic E-state index is 7.73. The highest BCUT2D eigenvalue weighted by Gasteiger charge is 2.25. The smallest absolute Gasteiger partial charge is 0.200 e. The van der Waals surface area contributed by atoms with Crippen LogP contribution in [-0.4, -0.2) is 0 Å². The fraction of sp³-hybridized carbons (Fsp3) is 0.190. The van der Waals surface area contributed by atoms with Gasteiger partial charge in [0.05, 0.1) is 5.39 Å². The number of nitrogens with zero attached hydrogens (tertiary/aromatic N) is 1. The molecular weight excluding hydrogens is 298 g/mol. The fourth-order valence-corrected chi connectivity index (χ4v) is 5.37.